The van der Waals surface area contributed by atoms with Crippen molar-refractivity contribution in [1.29, 1.82) is 0 Å². The number of unbranched alkanes of at least 4 members (excludes halogenated alkanes) is 3. The maximum Gasteiger partial charge on any atom is 0.211 e. The average molecular weight is 290 g/mol. The van der Waals surface area contributed by atoms with E-state index in [4.69, 9.17) is 11.5 Å². The summed E-state index contributed by atoms with van der Waals surface area (Å²) in [6.45, 7) is 2.27. The van der Waals surface area contributed by atoms with Crippen molar-refractivity contribution < 1.29 is 0 Å². The van der Waals surface area contributed by atoms with E-state index in [0.717, 1.165) is 11.8 Å². The molecule has 0 radical (unpaired) electrons. The maximum absolute atomic E-state index is 5.50. The van der Waals surface area contributed by atoms with Gasteiger partial charge in [-0.3, -0.25) is 0 Å². The molecule has 4 nitrogen and oxygen atoms in total. The molecule has 4 saturated carbocycles. The van der Waals surface area contributed by atoms with Crippen LogP contribution in [-0.4, -0.2) is 11.7 Å². The van der Waals surface area contributed by atoms with Gasteiger partial charge in [-0.15, -0.1) is 5.10 Å². The largest absolute Gasteiger partial charge is 0.369 e. The molecule has 4 aliphatic carbocycles. The summed E-state index contributed by atoms with van der Waals surface area (Å²) in [5.74, 6) is 2.63. The molecule has 0 heterocycles. The molecule has 0 aromatic rings. The van der Waals surface area contributed by atoms with E-state index >= 15 is 0 Å². The molecule has 0 aliphatic heterocycles. The minimum absolute atomic E-state index is 0.0949. The van der Waals surface area contributed by atoms with Crippen molar-refractivity contribution in [3.8, 4) is 0 Å². The summed E-state index contributed by atoms with van der Waals surface area (Å²) in [7, 11) is 0. The summed E-state index contributed by atoms with van der Waals surface area (Å²) < 4.78 is 0. The summed E-state index contributed by atoms with van der Waals surface area (Å²) in [5.41, 5.74) is 12.7. The molecule has 0 aromatic carbocycles. The zero-order valence-electron chi connectivity index (χ0n) is 13.4. The Hall–Kier alpha value is -1.06. The lowest BCUT2D eigenvalue weighted by Gasteiger charge is -2.57. The van der Waals surface area contributed by atoms with E-state index < -0.39 is 0 Å². The van der Waals surface area contributed by atoms with E-state index in [1.807, 2.05) is 0 Å². The van der Waals surface area contributed by atoms with Crippen LogP contribution in [0.15, 0.2) is 10.2 Å². The molecule has 0 saturated heterocycles. The minimum atomic E-state index is 0.0949. The first-order chi connectivity index (χ1) is 10.1. The molecule has 4 N–H and O–H groups in total. The highest BCUT2D eigenvalue weighted by molar-refractivity contribution is 5.94. The quantitative estimate of drug-likeness (QED) is 0.340. The van der Waals surface area contributed by atoms with Gasteiger partial charge in [0.2, 0.25) is 5.96 Å². The second-order valence-electron chi connectivity index (χ2n) is 7.65. The Morgan fingerprint density at radius 2 is 1.81 bits per heavy atom. The highest BCUT2D eigenvalue weighted by Crippen LogP contribution is 2.60. The number of nitrogens with two attached hydrogens (primary N) is 2. The Labute approximate surface area is 128 Å². The highest BCUT2D eigenvalue weighted by atomic mass is 15.3. The molecule has 21 heavy (non-hydrogen) atoms. The average Bonchev–Trinajstić information content (AvgIpc) is 2.42. The van der Waals surface area contributed by atoms with Crippen molar-refractivity contribution in [3.05, 3.63) is 0 Å². The monoisotopic (exact) mass is 290 g/mol. The molecule has 0 aromatic heterocycles. The fraction of sp³-hybridized carbons (Fsp3) is 0.882. The predicted molar refractivity (Wildman–Crippen MR) is 88.0 cm³/mol. The van der Waals surface area contributed by atoms with Crippen molar-refractivity contribution in [1.82, 2.24) is 0 Å². The summed E-state index contributed by atoms with van der Waals surface area (Å²) >= 11 is 0. The molecule has 4 atom stereocenters. The standard InChI is InChI=1S/C17H30N4/c1-2-3-4-5-6-17-10-12-7-13(11-17)9-14(8-12)15(17)20-21-16(18)19/h12-14H,2-11H2,1H3,(H4,18,19,21)/b20-15+/t12-,13+,14?,17?. The SMILES string of the molecule is CCCCCCC12C[C@@H]3CC(C[C@@H](C3)C1)/C2=N\N=C(N)N. The number of rotatable bonds is 6. The Morgan fingerprint density at radius 3 is 2.43 bits per heavy atom. The first-order valence-electron chi connectivity index (χ1n) is 8.80. The van der Waals surface area contributed by atoms with Gasteiger partial charge in [0.05, 0.1) is 0 Å². The third kappa shape index (κ3) is 2.95. The zero-order chi connectivity index (χ0) is 14.9. The van der Waals surface area contributed by atoms with Crippen LogP contribution in [0.25, 0.3) is 0 Å². The highest BCUT2D eigenvalue weighted by Gasteiger charge is 2.54. The lowest BCUT2D eigenvalue weighted by molar-refractivity contribution is 0.0399. The molecule has 2 unspecified atom stereocenters. The molecular formula is C17H30N4. The van der Waals surface area contributed by atoms with Gasteiger partial charge in [0.15, 0.2) is 0 Å². The van der Waals surface area contributed by atoms with Crippen molar-refractivity contribution >= 4 is 11.7 Å². The Kier molecular flexibility index (Phi) is 4.23. The fourth-order valence-electron chi connectivity index (χ4n) is 5.47. The van der Waals surface area contributed by atoms with Crippen molar-refractivity contribution in [2.45, 2.75) is 71.1 Å². The Balaban J connectivity index is 1.79. The maximum atomic E-state index is 5.50. The summed E-state index contributed by atoms with van der Waals surface area (Å²) in [4.78, 5) is 0. The van der Waals surface area contributed by atoms with Crippen LogP contribution < -0.4 is 11.5 Å². The van der Waals surface area contributed by atoms with Crippen LogP contribution in [0.5, 0.6) is 0 Å². The van der Waals surface area contributed by atoms with Crippen molar-refractivity contribution in [2.75, 3.05) is 0 Å². The topological polar surface area (TPSA) is 76.8 Å². The normalized spacial score (nSPS) is 38.9. The van der Waals surface area contributed by atoms with E-state index in [0.29, 0.717) is 11.3 Å². The van der Waals surface area contributed by atoms with Gasteiger partial charge in [-0.25, -0.2) is 0 Å². The van der Waals surface area contributed by atoms with Gasteiger partial charge in [0.1, 0.15) is 0 Å². The summed E-state index contributed by atoms with van der Waals surface area (Å²) in [6.07, 6.45) is 13.4. The van der Waals surface area contributed by atoms with Crippen LogP contribution in [0.2, 0.25) is 0 Å². The molecular weight excluding hydrogens is 260 g/mol. The lowest BCUT2D eigenvalue weighted by Crippen LogP contribution is -2.53. The van der Waals surface area contributed by atoms with Crippen LogP contribution >= 0.6 is 0 Å². The van der Waals surface area contributed by atoms with Gasteiger partial charge in [-0.2, -0.15) is 5.10 Å². The second-order valence-corrected chi connectivity index (χ2v) is 7.65. The van der Waals surface area contributed by atoms with E-state index in [9.17, 15) is 0 Å². The third-order valence-corrected chi connectivity index (χ3v) is 5.97. The van der Waals surface area contributed by atoms with E-state index in [1.165, 1.54) is 69.9 Å². The van der Waals surface area contributed by atoms with Gasteiger partial charge in [-0.05, 0) is 50.4 Å². The number of hydrogen-bond donors (Lipinski definition) is 2. The van der Waals surface area contributed by atoms with Gasteiger partial charge in [-0.1, -0.05) is 32.6 Å². The van der Waals surface area contributed by atoms with Crippen LogP contribution in [-0.2, 0) is 0 Å². The molecule has 4 bridgehead atoms. The summed E-state index contributed by atoms with van der Waals surface area (Å²) in [5, 5.41) is 8.57. The van der Waals surface area contributed by atoms with Crippen molar-refractivity contribution in [2.24, 2.45) is 44.8 Å². The number of guanidine groups is 1. The first-order valence-corrected chi connectivity index (χ1v) is 8.80. The molecule has 4 rings (SSSR count). The summed E-state index contributed by atoms with van der Waals surface area (Å²) in [6, 6.07) is 0. The molecule has 4 heteroatoms. The van der Waals surface area contributed by atoms with Gasteiger partial charge in [0, 0.05) is 17.0 Å². The van der Waals surface area contributed by atoms with Crippen LogP contribution in [0.4, 0.5) is 0 Å². The van der Waals surface area contributed by atoms with Crippen LogP contribution in [0.1, 0.15) is 71.1 Å². The Bertz CT molecular complexity index is 422. The van der Waals surface area contributed by atoms with Gasteiger partial charge in [0.25, 0.3) is 0 Å². The molecule has 4 aliphatic rings. The van der Waals surface area contributed by atoms with Crippen LogP contribution in [0, 0.1) is 23.2 Å². The molecule has 0 spiro atoms. The lowest BCUT2D eigenvalue weighted by atomic mass is 9.47. The molecule has 4 fully saturated rings. The predicted octanol–water partition coefficient (Wildman–Crippen LogP) is 3.41. The number of hydrogen-bond acceptors (Lipinski definition) is 2. The second kappa shape index (κ2) is 5.98. The van der Waals surface area contributed by atoms with Crippen molar-refractivity contribution in [3.63, 3.8) is 0 Å². The van der Waals surface area contributed by atoms with Gasteiger partial charge < -0.3 is 11.5 Å². The smallest absolute Gasteiger partial charge is 0.211 e. The third-order valence-electron chi connectivity index (χ3n) is 5.97. The first kappa shape index (κ1) is 14.9. The fourth-order valence-corrected chi connectivity index (χ4v) is 5.47. The molecule has 118 valence electrons. The van der Waals surface area contributed by atoms with E-state index in [-0.39, 0.29) is 5.96 Å². The van der Waals surface area contributed by atoms with Crippen LogP contribution in [0.3, 0.4) is 0 Å². The Morgan fingerprint density at radius 1 is 1.10 bits per heavy atom. The van der Waals surface area contributed by atoms with Gasteiger partial charge >= 0.3 is 0 Å². The van der Waals surface area contributed by atoms with E-state index in [2.05, 4.69) is 17.1 Å². The number of nitrogens with zero attached hydrogens (tertiary/aromatic N) is 2. The molecule has 0 amide bonds. The zero-order valence-corrected chi connectivity index (χ0v) is 13.4. The van der Waals surface area contributed by atoms with E-state index in [1.54, 1.807) is 0 Å². The minimum Gasteiger partial charge on any atom is -0.369 e.